The van der Waals surface area contributed by atoms with E-state index in [1.54, 1.807) is 19.1 Å². The van der Waals surface area contributed by atoms with Gasteiger partial charge in [0.2, 0.25) is 0 Å². The van der Waals surface area contributed by atoms with E-state index in [0.717, 1.165) is 0 Å². The van der Waals surface area contributed by atoms with Gasteiger partial charge < -0.3 is 0 Å². The van der Waals surface area contributed by atoms with Crippen LogP contribution in [0.4, 0.5) is 13.2 Å². The average Bonchev–Trinajstić information content (AvgIpc) is 1.82. The maximum atomic E-state index is 12.4. The summed E-state index contributed by atoms with van der Waals surface area (Å²) in [6.45, 7) is 3.11. The summed E-state index contributed by atoms with van der Waals surface area (Å²) < 4.78 is 37.1. The molecular formula is C9H11F3. The maximum absolute atomic E-state index is 12.4. The van der Waals surface area contributed by atoms with Crippen LogP contribution in [0.15, 0.2) is 23.8 Å². The number of halogens is 3. The summed E-state index contributed by atoms with van der Waals surface area (Å²) in [6.07, 6.45) is 0.691. The zero-order valence-corrected chi connectivity index (χ0v) is 7.02. The van der Waals surface area contributed by atoms with Crippen LogP contribution < -0.4 is 0 Å². The van der Waals surface area contributed by atoms with Crippen molar-refractivity contribution in [2.75, 3.05) is 0 Å². The standard InChI is InChI=1S/C9H11F3/c1-6-4-3-5-7(2)8(6)9(10,11)12/h3-6,8H,1-2H3. The van der Waals surface area contributed by atoms with E-state index in [2.05, 4.69) is 0 Å². The second-order valence-corrected chi connectivity index (χ2v) is 3.17. The second-order valence-electron chi connectivity index (χ2n) is 3.17. The number of allylic oxidation sites excluding steroid dienone is 4. The van der Waals surface area contributed by atoms with Crippen molar-refractivity contribution in [3.63, 3.8) is 0 Å². The Balaban J connectivity index is 2.90. The van der Waals surface area contributed by atoms with E-state index < -0.39 is 18.0 Å². The summed E-state index contributed by atoms with van der Waals surface area (Å²) in [6, 6.07) is 0. The Bertz CT molecular complexity index is 222. The second kappa shape index (κ2) is 2.96. The molecule has 0 aliphatic heterocycles. The molecular weight excluding hydrogens is 165 g/mol. The number of alkyl halides is 3. The molecule has 0 aromatic carbocycles. The Labute approximate surface area is 69.8 Å². The fourth-order valence-electron chi connectivity index (χ4n) is 1.57. The molecule has 1 rings (SSSR count). The molecule has 0 nitrogen and oxygen atoms in total. The molecule has 2 atom stereocenters. The molecule has 68 valence electrons. The van der Waals surface area contributed by atoms with E-state index in [-0.39, 0.29) is 0 Å². The van der Waals surface area contributed by atoms with Crippen LogP contribution in [0.25, 0.3) is 0 Å². The molecule has 0 fully saturated rings. The predicted molar refractivity (Wildman–Crippen MR) is 41.6 cm³/mol. The molecule has 0 N–H and O–H groups in total. The van der Waals surface area contributed by atoms with Crippen molar-refractivity contribution in [1.29, 1.82) is 0 Å². The van der Waals surface area contributed by atoms with E-state index >= 15 is 0 Å². The van der Waals surface area contributed by atoms with Crippen molar-refractivity contribution < 1.29 is 13.2 Å². The molecule has 0 aromatic rings. The zero-order valence-electron chi connectivity index (χ0n) is 7.02. The minimum absolute atomic E-state index is 0.400. The van der Waals surface area contributed by atoms with Crippen LogP contribution >= 0.6 is 0 Å². The summed E-state index contributed by atoms with van der Waals surface area (Å²) in [4.78, 5) is 0. The topological polar surface area (TPSA) is 0 Å². The van der Waals surface area contributed by atoms with Gasteiger partial charge in [-0.3, -0.25) is 0 Å². The van der Waals surface area contributed by atoms with Gasteiger partial charge in [0.05, 0.1) is 5.92 Å². The Morgan fingerprint density at radius 1 is 1.33 bits per heavy atom. The van der Waals surface area contributed by atoms with E-state index in [1.165, 1.54) is 13.0 Å². The third-order valence-corrected chi connectivity index (χ3v) is 2.14. The van der Waals surface area contributed by atoms with Gasteiger partial charge in [-0.15, -0.1) is 0 Å². The van der Waals surface area contributed by atoms with Gasteiger partial charge in [0.15, 0.2) is 0 Å². The van der Waals surface area contributed by atoms with Crippen LogP contribution in [0, 0.1) is 11.8 Å². The van der Waals surface area contributed by atoms with Crippen molar-refractivity contribution in [2.24, 2.45) is 11.8 Å². The molecule has 3 heteroatoms. The van der Waals surface area contributed by atoms with E-state index in [4.69, 9.17) is 0 Å². The predicted octanol–water partition coefficient (Wildman–Crippen LogP) is 3.32. The Kier molecular flexibility index (Phi) is 2.31. The third kappa shape index (κ3) is 1.71. The van der Waals surface area contributed by atoms with Crippen molar-refractivity contribution in [3.05, 3.63) is 23.8 Å². The molecule has 0 saturated carbocycles. The minimum Gasteiger partial charge on any atom is -0.170 e. The normalized spacial score (nSPS) is 30.2. The summed E-state index contributed by atoms with van der Waals surface area (Å²) in [5.74, 6) is -1.72. The van der Waals surface area contributed by atoms with Crippen molar-refractivity contribution in [1.82, 2.24) is 0 Å². The lowest BCUT2D eigenvalue weighted by Crippen LogP contribution is -2.30. The molecule has 12 heavy (non-hydrogen) atoms. The van der Waals surface area contributed by atoms with Gasteiger partial charge in [0.25, 0.3) is 0 Å². The zero-order chi connectivity index (χ0) is 9.35. The highest BCUT2D eigenvalue weighted by molar-refractivity contribution is 5.22. The van der Waals surface area contributed by atoms with Gasteiger partial charge in [-0.25, -0.2) is 0 Å². The number of rotatable bonds is 0. The highest BCUT2D eigenvalue weighted by atomic mass is 19.4. The van der Waals surface area contributed by atoms with Gasteiger partial charge in [-0.2, -0.15) is 13.2 Å². The minimum atomic E-state index is -4.11. The van der Waals surface area contributed by atoms with Crippen LogP contribution in [0.2, 0.25) is 0 Å². The molecule has 0 spiro atoms. The molecule has 0 heterocycles. The average molecular weight is 176 g/mol. The molecule has 2 unspecified atom stereocenters. The Morgan fingerprint density at radius 2 is 1.92 bits per heavy atom. The Morgan fingerprint density at radius 3 is 2.25 bits per heavy atom. The van der Waals surface area contributed by atoms with Crippen LogP contribution in [0.3, 0.4) is 0 Å². The van der Waals surface area contributed by atoms with Gasteiger partial charge in [-0.05, 0) is 12.8 Å². The number of hydrogen-bond acceptors (Lipinski definition) is 0. The highest BCUT2D eigenvalue weighted by Crippen LogP contribution is 2.39. The first-order chi connectivity index (χ1) is 5.43. The summed E-state index contributed by atoms with van der Waals surface area (Å²) in [5.41, 5.74) is 0.400. The van der Waals surface area contributed by atoms with Crippen LogP contribution in [0.1, 0.15) is 13.8 Å². The SMILES string of the molecule is CC1=CC=CC(C)C1C(F)(F)F. The summed E-state index contributed by atoms with van der Waals surface area (Å²) in [7, 11) is 0. The quantitative estimate of drug-likeness (QED) is 0.531. The van der Waals surface area contributed by atoms with Gasteiger partial charge in [0.1, 0.15) is 0 Å². The van der Waals surface area contributed by atoms with Crippen LogP contribution in [-0.2, 0) is 0 Å². The largest absolute Gasteiger partial charge is 0.395 e. The van der Waals surface area contributed by atoms with E-state index in [9.17, 15) is 13.2 Å². The monoisotopic (exact) mass is 176 g/mol. The first-order valence-corrected chi connectivity index (χ1v) is 3.84. The Hall–Kier alpha value is -0.730. The summed E-state index contributed by atoms with van der Waals surface area (Å²) in [5, 5.41) is 0. The third-order valence-electron chi connectivity index (χ3n) is 2.14. The van der Waals surface area contributed by atoms with Crippen molar-refractivity contribution in [3.8, 4) is 0 Å². The van der Waals surface area contributed by atoms with Gasteiger partial charge in [-0.1, -0.05) is 30.7 Å². The maximum Gasteiger partial charge on any atom is 0.395 e. The van der Waals surface area contributed by atoms with Crippen LogP contribution in [0.5, 0.6) is 0 Å². The molecule has 0 bridgehead atoms. The van der Waals surface area contributed by atoms with Gasteiger partial charge >= 0.3 is 6.18 Å². The first-order valence-electron chi connectivity index (χ1n) is 3.84. The van der Waals surface area contributed by atoms with Crippen LogP contribution in [-0.4, -0.2) is 6.18 Å². The van der Waals surface area contributed by atoms with Crippen molar-refractivity contribution in [2.45, 2.75) is 20.0 Å². The highest BCUT2D eigenvalue weighted by Gasteiger charge is 2.43. The smallest absolute Gasteiger partial charge is 0.170 e. The molecule has 0 amide bonds. The van der Waals surface area contributed by atoms with Crippen molar-refractivity contribution >= 4 is 0 Å². The first kappa shape index (κ1) is 9.36. The van der Waals surface area contributed by atoms with Gasteiger partial charge in [0, 0.05) is 0 Å². The fraction of sp³-hybridized carbons (Fsp3) is 0.556. The van der Waals surface area contributed by atoms with E-state index in [0.29, 0.717) is 5.57 Å². The summed E-state index contributed by atoms with van der Waals surface area (Å²) >= 11 is 0. The lowest BCUT2D eigenvalue weighted by Gasteiger charge is -2.27. The van der Waals surface area contributed by atoms with E-state index in [1.807, 2.05) is 0 Å². The molecule has 0 aromatic heterocycles. The lowest BCUT2D eigenvalue weighted by molar-refractivity contribution is -0.172. The molecule has 0 radical (unpaired) electrons. The molecule has 1 aliphatic carbocycles. The number of hydrogen-bond donors (Lipinski definition) is 0. The fourth-order valence-corrected chi connectivity index (χ4v) is 1.57. The molecule has 1 aliphatic rings. The molecule has 0 saturated heterocycles. The lowest BCUT2D eigenvalue weighted by atomic mass is 9.84.